The van der Waals surface area contributed by atoms with Crippen LogP contribution in [0.2, 0.25) is 0 Å². The van der Waals surface area contributed by atoms with Crippen LogP contribution in [0.1, 0.15) is 30.1 Å². The first-order valence-corrected chi connectivity index (χ1v) is 7.39. The van der Waals surface area contributed by atoms with Crippen LogP contribution in [0.15, 0.2) is 42.6 Å². The second-order valence-electron chi connectivity index (χ2n) is 4.86. The van der Waals surface area contributed by atoms with Crippen molar-refractivity contribution in [2.45, 2.75) is 19.8 Å². The van der Waals surface area contributed by atoms with Crippen LogP contribution in [-0.2, 0) is 0 Å². The Balaban J connectivity index is 2.09. The predicted molar refractivity (Wildman–Crippen MR) is 87.8 cm³/mol. The molecule has 116 valence electrons. The lowest BCUT2D eigenvalue weighted by molar-refractivity contribution is 0.0953. The molecule has 0 radical (unpaired) electrons. The summed E-state index contributed by atoms with van der Waals surface area (Å²) in [4.78, 5) is 16.3. The molecule has 1 aromatic carbocycles. The number of para-hydroxylation sites is 2. The van der Waals surface area contributed by atoms with E-state index >= 15 is 0 Å². The van der Waals surface area contributed by atoms with Crippen molar-refractivity contribution in [3.8, 4) is 5.75 Å². The summed E-state index contributed by atoms with van der Waals surface area (Å²) in [6.45, 7) is 2.78. The minimum atomic E-state index is -0.0843. The van der Waals surface area contributed by atoms with Crippen molar-refractivity contribution in [2.75, 3.05) is 19.0 Å². The molecule has 0 aliphatic heterocycles. The maximum absolute atomic E-state index is 12.1. The van der Waals surface area contributed by atoms with Gasteiger partial charge in [-0.2, -0.15) is 0 Å². The van der Waals surface area contributed by atoms with E-state index in [9.17, 15) is 4.79 Å². The molecule has 0 atom stereocenters. The van der Waals surface area contributed by atoms with E-state index in [-0.39, 0.29) is 5.91 Å². The van der Waals surface area contributed by atoms with Crippen molar-refractivity contribution in [2.24, 2.45) is 0 Å². The largest absolute Gasteiger partial charge is 0.495 e. The van der Waals surface area contributed by atoms with Gasteiger partial charge in [0.1, 0.15) is 11.6 Å². The SMILES string of the molecule is CCCCNC(=O)c1ccnc(Nc2ccccc2OC)c1. The van der Waals surface area contributed by atoms with Gasteiger partial charge in [-0.15, -0.1) is 0 Å². The van der Waals surface area contributed by atoms with Gasteiger partial charge in [0.15, 0.2) is 0 Å². The Morgan fingerprint density at radius 1 is 1.27 bits per heavy atom. The van der Waals surface area contributed by atoms with E-state index in [0.717, 1.165) is 24.3 Å². The monoisotopic (exact) mass is 299 g/mol. The number of nitrogens with one attached hydrogen (secondary N) is 2. The highest BCUT2D eigenvalue weighted by atomic mass is 16.5. The number of hydrogen-bond acceptors (Lipinski definition) is 4. The molecule has 1 aromatic heterocycles. The van der Waals surface area contributed by atoms with E-state index in [1.165, 1.54) is 0 Å². The van der Waals surface area contributed by atoms with Gasteiger partial charge < -0.3 is 15.4 Å². The first-order valence-electron chi connectivity index (χ1n) is 7.39. The number of hydrogen-bond donors (Lipinski definition) is 2. The molecule has 5 nitrogen and oxygen atoms in total. The van der Waals surface area contributed by atoms with Crippen molar-refractivity contribution < 1.29 is 9.53 Å². The molecule has 0 unspecified atom stereocenters. The number of pyridine rings is 1. The van der Waals surface area contributed by atoms with Crippen molar-refractivity contribution in [1.29, 1.82) is 0 Å². The van der Waals surface area contributed by atoms with Gasteiger partial charge in [-0.1, -0.05) is 25.5 Å². The molecule has 0 saturated carbocycles. The first-order chi connectivity index (χ1) is 10.7. The number of carbonyl (C=O) groups excluding carboxylic acids is 1. The molecule has 5 heteroatoms. The van der Waals surface area contributed by atoms with Gasteiger partial charge in [0, 0.05) is 18.3 Å². The number of unbranched alkanes of at least 4 members (excludes halogenated alkanes) is 1. The van der Waals surface area contributed by atoms with Crippen LogP contribution in [0, 0.1) is 0 Å². The molecular weight excluding hydrogens is 278 g/mol. The summed E-state index contributed by atoms with van der Waals surface area (Å²) >= 11 is 0. The number of aromatic nitrogens is 1. The molecule has 2 rings (SSSR count). The molecule has 2 N–H and O–H groups in total. The number of carbonyl (C=O) groups is 1. The molecule has 0 spiro atoms. The molecule has 0 aliphatic rings. The smallest absolute Gasteiger partial charge is 0.251 e. The third-order valence-electron chi connectivity index (χ3n) is 3.21. The van der Waals surface area contributed by atoms with Crippen LogP contribution >= 0.6 is 0 Å². The van der Waals surface area contributed by atoms with Crippen LogP contribution < -0.4 is 15.4 Å². The third kappa shape index (κ3) is 4.22. The quantitative estimate of drug-likeness (QED) is 0.769. The molecule has 2 aromatic rings. The van der Waals surface area contributed by atoms with Gasteiger partial charge in [0.05, 0.1) is 12.8 Å². The molecule has 22 heavy (non-hydrogen) atoms. The summed E-state index contributed by atoms with van der Waals surface area (Å²) in [5.41, 5.74) is 1.39. The molecule has 0 saturated heterocycles. The highest BCUT2D eigenvalue weighted by molar-refractivity contribution is 5.94. The lowest BCUT2D eigenvalue weighted by Gasteiger charge is -2.11. The maximum Gasteiger partial charge on any atom is 0.251 e. The molecule has 0 aliphatic carbocycles. The molecule has 1 amide bonds. The topological polar surface area (TPSA) is 63.2 Å². The summed E-state index contributed by atoms with van der Waals surface area (Å²) in [7, 11) is 1.62. The maximum atomic E-state index is 12.1. The highest BCUT2D eigenvalue weighted by Gasteiger charge is 2.08. The van der Waals surface area contributed by atoms with Crippen LogP contribution in [0.3, 0.4) is 0 Å². The van der Waals surface area contributed by atoms with E-state index in [2.05, 4.69) is 22.5 Å². The number of ether oxygens (including phenoxy) is 1. The van der Waals surface area contributed by atoms with Gasteiger partial charge in [-0.05, 0) is 30.7 Å². The minimum Gasteiger partial charge on any atom is -0.495 e. The minimum absolute atomic E-state index is 0.0843. The van der Waals surface area contributed by atoms with E-state index in [1.807, 2.05) is 24.3 Å². The highest BCUT2D eigenvalue weighted by Crippen LogP contribution is 2.26. The second kappa shape index (κ2) is 8.02. The fourth-order valence-corrected chi connectivity index (χ4v) is 2.01. The average Bonchev–Trinajstić information content (AvgIpc) is 2.56. The molecular formula is C17H21N3O2. The number of amides is 1. The average molecular weight is 299 g/mol. The summed E-state index contributed by atoms with van der Waals surface area (Å²) < 4.78 is 5.29. The number of nitrogens with zero attached hydrogens (tertiary/aromatic N) is 1. The van der Waals surface area contributed by atoms with Crippen LogP contribution in [0.4, 0.5) is 11.5 Å². The normalized spacial score (nSPS) is 10.1. The lowest BCUT2D eigenvalue weighted by Crippen LogP contribution is -2.24. The standard InChI is InChI=1S/C17H21N3O2/c1-3-4-10-19-17(21)13-9-11-18-16(12-13)20-14-7-5-6-8-15(14)22-2/h5-9,11-12H,3-4,10H2,1-2H3,(H,18,20)(H,19,21). The Hall–Kier alpha value is -2.56. The van der Waals surface area contributed by atoms with E-state index in [4.69, 9.17) is 4.74 Å². The Kier molecular flexibility index (Phi) is 5.77. The first kappa shape index (κ1) is 15.8. The second-order valence-corrected chi connectivity index (χ2v) is 4.86. The summed E-state index contributed by atoms with van der Waals surface area (Å²) in [5.74, 6) is 1.24. The number of rotatable bonds is 7. The van der Waals surface area contributed by atoms with Crippen molar-refractivity contribution in [1.82, 2.24) is 10.3 Å². The number of benzene rings is 1. The Bertz CT molecular complexity index is 629. The van der Waals surface area contributed by atoms with Crippen molar-refractivity contribution in [3.05, 3.63) is 48.2 Å². The Morgan fingerprint density at radius 2 is 2.09 bits per heavy atom. The molecule has 1 heterocycles. The van der Waals surface area contributed by atoms with Crippen LogP contribution in [-0.4, -0.2) is 24.5 Å². The number of anilines is 2. The zero-order valence-electron chi connectivity index (χ0n) is 12.9. The van der Waals surface area contributed by atoms with Gasteiger partial charge >= 0.3 is 0 Å². The Morgan fingerprint density at radius 3 is 2.86 bits per heavy atom. The van der Waals surface area contributed by atoms with Gasteiger partial charge in [0.2, 0.25) is 0 Å². The zero-order chi connectivity index (χ0) is 15.8. The molecule has 0 fully saturated rings. The predicted octanol–water partition coefficient (Wildman–Crippen LogP) is 3.36. The summed E-state index contributed by atoms with van der Waals surface area (Å²) in [6.07, 6.45) is 3.65. The number of methoxy groups -OCH3 is 1. The summed E-state index contributed by atoms with van der Waals surface area (Å²) in [5, 5.41) is 6.06. The third-order valence-corrected chi connectivity index (χ3v) is 3.21. The fourth-order valence-electron chi connectivity index (χ4n) is 2.01. The van der Waals surface area contributed by atoms with Crippen molar-refractivity contribution >= 4 is 17.4 Å². The Labute approximate surface area is 130 Å². The molecule has 0 bridgehead atoms. The van der Waals surface area contributed by atoms with E-state index in [1.54, 1.807) is 25.4 Å². The van der Waals surface area contributed by atoms with Gasteiger partial charge in [0.25, 0.3) is 5.91 Å². The van der Waals surface area contributed by atoms with Crippen molar-refractivity contribution in [3.63, 3.8) is 0 Å². The van der Waals surface area contributed by atoms with Crippen LogP contribution in [0.25, 0.3) is 0 Å². The van der Waals surface area contributed by atoms with E-state index < -0.39 is 0 Å². The lowest BCUT2D eigenvalue weighted by atomic mass is 10.2. The van der Waals surface area contributed by atoms with Gasteiger partial charge in [-0.25, -0.2) is 4.98 Å². The fraction of sp³-hybridized carbons (Fsp3) is 0.294. The zero-order valence-corrected chi connectivity index (χ0v) is 12.9. The summed E-state index contributed by atoms with van der Waals surface area (Å²) in [6, 6.07) is 11.0. The van der Waals surface area contributed by atoms with E-state index in [0.29, 0.717) is 17.9 Å². The van der Waals surface area contributed by atoms with Gasteiger partial charge in [-0.3, -0.25) is 4.79 Å². The van der Waals surface area contributed by atoms with Crippen LogP contribution in [0.5, 0.6) is 5.75 Å².